The first-order valence-electron chi connectivity index (χ1n) is 11.6. The van der Waals surface area contributed by atoms with E-state index in [9.17, 15) is 0 Å². The maximum Gasteiger partial charge on any atom is 0.292 e. The van der Waals surface area contributed by atoms with Gasteiger partial charge in [0.1, 0.15) is 5.75 Å². The summed E-state index contributed by atoms with van der Waals surface area (Å²) >= 11 is 0. The van der Waals surface area contributed by atoms with E-state index >= 15 is 0 Å². The van der Waals surface area contributed by atoms with Gasteiger partial charge >= 0.3 is 0 Å². The van der Waals surface area contributed by atoms with Gasteiger partial charge < -0.3 is 4.74 Å². The molecule has 8 rings (SSSR count). The van der Waals surface area contributed by atoms with Gasteiger partial charge in [-0.15, -0.1) is 0 Å². The molecular formula is C31H22NO+. The molecule has 0 unspecified atom stereocenters. The maximum atomic E-state index is 6.52. The maximum absolute atomic E-state index is 6.52. The number of hydrogen-bond acceptors (Lipinski definition) is 1. The van der Waals surface area contributed by atoms with Crippen molar-refractivity contribution in [3.05, 3.63) is 96.2 Å². The molecule has 0 saturated carbocycles. The Hall–Kier alpha value is -3.91. The van der Waals surface area contributed by atoms with Crippen molar-refractivity contribution in [2.75, 3.05) is 0 Å². The van der Waals surface area contributed by atoms with Gasteiger partial charge in [-0.2, -0.15) is 4.57 Å². The molecule has 0 amide bonds. The number of hydrogen-bond donors (Lipinski definition) is 0. The molecule has 0 atom stereocenters. The second-order valence-corrected chi connectivity index (χ2v) is 10.1. The van der Waals surface area contributed by atoms with Gasteiger partial charge in [0.25, 0.3) is 6.73 Å². The average Bonchev–Trinajstić information content (AvgIpc) is 3.07. The highest BCUT2D eigenvalue weighted by molar-refractivity contribution is 6.08. The van der Waals surface area contributed by atoms with Gasteiger partial charge in [-0.1, -0.05) is 62.4 Å². The van der Waals surface area contributed by atoms with Crippen LogP contribution in [0.2, 0.25) is 0 Å². The van der Waals surface area contributed by atoms with Gasteiger partial charge in [0.2, 0.25) is 5.69 Å². The van der Waals surface area contributed by atoms with E-state index in [2.05, 4.69) is 103 Å². The van der Waals surface area contributed by atoms with Crippen LogP contribution in [0.4, 0.5) is 0 Å². The summed E-state index contributed by atoms with van der Waals surface area (Å²) in [6.45, 7) is 5.29. The van der Waals surface area contributed by atoms with Crippen LogP contribution in [-0.2, 0) is 12.1 Å². The van der Waals surface area contributed by atoms with Crippen LogP contribution < -0.4 is 9.30 Å². The van der Waals surface area contributed by atoms with Crippen LogP contribution in [-0.4, -0.2) is 0 Å². The first kappa shape index (κ1) is 17.6. The molecule has 33 heavy (non-hydrogen) atoms. The van der Waals surface area contributed by atoms with E-state index < -0.39 is 0 Å². The fraction of sp³-hybridized carbons (Fsp3) is 0.129. The number of pyridine rings is 1. The summed E-state index contributed by atoms with van der Waals surface area (Å²) in [5, 5.41) is 10.2. The number of rotatable bonds is 0. The van der Waals surface area contributed by atoms with E-state index in [-0.39, 0.29) is 5.41 Å². The number of aromatic nitrogens is 1. The van der Waals surface area contributed by atoms with Crippen LogP contribution in [0.25, 0.3) is 54.3 Å². The molecule has 0 radical (unpaired) electrons. The van der Waals surface area contributed by atoms with Crippen molar-refractivity contribution in [1.29, 1.82) is 0 Å². The minimum atomic E-state index is -0.114. The molecule has 1 aliphatic heterocycles. The highest BCUT2D eigenvalue weighted by atomic mass is 16.5. The Morgan fingerprint density at radius 3 is 2.00 bits per heavy atom. The summed E-state index contributed by atoms with van der Waals surface area (Å²) in [4.78, 5) is 0. The molecule has 1 aliphatic carbocycles. The number of ether oxygens (including phenoxy) is 1. The molecule has 0 fully saturated rings. The SMILES string of the molecule is CC1(C)c2cc3cc4ccccc4cc3c3c2-c2c1c1cc4ccccc4cc1c[n+]2CO3. The van der Waals surface area contributed by atoms with Gasteiger partial charge in [-0.05, 0) is 68.2 Å². The Balaban J connectivity index is 1.55. The lowest BCUT2D eigenvalue weighted by Gasteiger charge is -2.22. The zero-order chi connectivity index (χ0) is 21.9. The van der Waals surface area contributed by atoms with Crippen LogP contribution in [0, 0.1) is 0 Å². The van der Waals surface area contributed by atoms with Crippen molar-refractivity contribution >= 4 is 43.1 Å². The van der Waals surface area contributed by atoms with Crippen molar-refractivity contribution in [2.24, 2.45) is 0 Å². The zero-order valence-corrected chi connectivity index (χ0v) is 18.6. The Bertz CT molecular complexity index is 1840. The van der Waals surface area contributed by atoms with Crippen LogP contribution in [0.1, 0.15) is 25.0 Å². The summed E-state index contributed by atoms with van der Waals surface area (Å²) in [6, 6.07) is 29.0. The molecule has 0 saturated heterocycles. The molecule has 1 aromatic heterocycles. The Morgan fingerprint density at radius 2 is 1.30 bits per heavy atom. The van der Waals surface area contributed by atoms with Crippen molar-refractivity contribution in [1.82, 2.24) is 0 Å². The molecule has 2 heteroatoms. The average molecular weight is 425 g/mol. The molecule has 0 N–H and O–H groups in total. The van der Waals surface area contributed by atoms with Crippen molar-refractivity contribution < 1.29 is 9.30 Å². The molecule has 2 nitrogen and oxygen atoms in total. The Labute approximate surface area is 191 Å². The number of nitrogens with zero attached hydrogens (tertiary/aromatic N) is 1. The predicted molar refractivity (Wildman–Crippen MR) is 135 cm³/mol. The van der Waals surface area contributed by atoms with Gasteiger partial charge in [0, 0.05) is 21.8 Å². The van der Waals surface area contributed by atoms with E-state index in [1.54, 1.807) is 0 Å². The third-order valence-electron chi connectivity index (χ3n) is 7.85. The van der Waals surface area contributed by atoms with Crippen LogP contribution >= 0.6 is 0 Å². The molecule has 2 heterocycles. The normalized spacial score (nSPS) is 15.3. The summed E-state index contributed by atoms with van der Waals surface area (Å²) in [6.07, 6.45) is 2.28. The summed E-state index contributed by atoms with van der Waals surface area (Å²) < 4.78 is 8.84. The molecular weight excluding hydrogens is 402 g/mol. The van der Waals surface area contributed by atoms with Crippen molar-refractivity contribution in [3.63, 3.8) is 0 Å². The molecule has 0 bridgehead atoms. The van der Waals surface area contributed by atoms with E-state index in [1.165, 1.54) is 65.5 Å². The van der Waals surface area contributed by atoms with Gasteiger partial charge in [-0.3, -0.25) is 0 Å². The Morgan fingerprint density at radius 1 is 0.697 bits per heavy atom. The van der Waals surface area contributed by atoms with Crippen LogP contribution in [0.15, 0.2) is 85.1 Å². The predicted octanol–water partition coefficient (Wildman–Crippen LogP) is 7.24. The van der Waals surface area contributed by atoms with Gasteiger partial charge in [0.15, 0.2) is 6.20 Å². The highest BCUT2D eigenvalue weighted by Crippen LogP contribution is 2.56. The van der Waals surface area contributed by atoms with Gasteiger partial charge in [-0.25, -0.2) is 0 Å². The standard InChI is InChI=1S/C31H22NO/c1-31(2)26-15-22-11-18-7-3-6-10-21(18)14-25(22)30-27(26)29-28(31)24-13-20-9-5-4-8-19(20)12-23(24)16-32(29)17-33-30/h3-16H,17H2,1-2H3/q+1. The topological polar surface area (TPSA) is 13.1 Å². The van der Waals surface area contributed by atoms with E-state index in [0.29, 0.717) is 6.73 Å². The quantitative estimate of drug-likeness (QED) is 0.185. The lowest BCUT2D eigenvalue weighted by molar-refractivity contribution is -0.716. The molecule has 5 aromatic carbocycles. The molecule has 156 valence electrons. The van der Waals surface area contributed by atoms with Crippen LogP contribution in [0.3, 0.4) is 0 Å². The first-order valence-corrected chi connectivity index (χ1v) is 11.6. The smallest absolute Gasteiger partial charge is 0.292 e. The molecule has 2 aliphatic rings. The third-order valence-corrected chi connectivity index (χ3v) is 7.85. The van der Waals surface area contributed by atoms with Crippen molar-refractivity contribution in [2.45, 2.75) is 26.0 Å². The number of fused-ring (bicyclic) bond motifs is 6. The second-order valence-electron chi connectivity index (χ2n) is 10.1. The van der Waals surface area contributed by atoms with Crippen LogP contribution in [0.5, 0.6) is 5.75 Å². The fourth-order valence-corrected chi connectivity index (χ4v) is 6.29. The van der Waals surface area contributed by atoms with E-state index in [4.69, 9.17) is 4.74 Å². The first-order chi connectivity index (χ1) is 16.1. The monoisotopic (exact) mass is 424 g/mol. The summed E-state index contributed by atoms with van der Waals surface area (Å²) in [5.41, 5.74) is 5.28. The molecule has 6 aromatic rings. The minimum Gasteiger partial charge on any atom is -0.434 e. The minimum absolute atomic E-state index is 0.114. The van der Waals surface area contributed by atoms with Gasteiger partial charge in [0.05, 0.1) is 5.56 Å². The molecule has 0 spiro atoms. The largest absolute Gasteiger partial charge is 0.434 e. The number of benzene rings is 5. The third kappa shape index (κ3) is 2.11. The Kier molecular flexibility index (Phi) is 3.05. The summed E-state index contributed by atoms with van der Waals surface area (Å²) in [5.74, 6) is 1.04. The zero-order valence-electron chi connectivity index (χ0n) is 18.6. The summed E-state index contributed by atoms with van der Waals surface area (Å²) in [7, 11) is 0. The van der Waals surface area contributed by atoms with E-state index in [1.807, 2.05) is 0 Å². The highest BCUT2D eigenvalue weighted by Gasteiger charge is 2.47. The van der Waals surface area contributed by atoms with Crippen molar-refractivity contribution in [3.8, 4) is 17.0 Å². The fourth-order valence-electron chi connectivity index (χ4n) is 6.29. The lowest BCUT2D eigenvalue weighted by Crippen LogP contribution is -2.42. The lowest BCUT2D eigenvalue weighted by atomic mass is 9.80. The second kappa shape index (κ2) is 5.71. The van der Waals surface area contributed by atoms with E-state index in [0.717, 1.165) is 5.75 Å².